The second-order valence-corrected chi connectivity index (χ2v) is 5.09. The van der Waals surface area contributed by atoms with E-state index in [1.807, 2.05) is 25.1 Å². The number of nitrogens with zero attached hydrogens (tertiary/aromatic N) is 2. The van der Waals surface area contributed by atoms with Gasteiger partial charge in [0.05, 0.1) is 12.2 Å². The first kappa shape index (κ1) is 15.1. The van der Waals surface area contributed by atoms with Gasteiger partial charge in [-0.3, -0.25) is 9.59 Å². The molecular formula is C15H19N3O3. The van der Waals surface area contributed by atoms with E-state index >= 15 is 0 Å². The number of nitrogens with two attached hydrogens (primary N) is 1. The summed E-state index contributed by atoms with van der Waals surface area (Å²) in [6, 6.07) is 7.10. The Labute approximate surface area is 123 Å². The van der Waals surface area contributed by atoms with E-state index in [4.69, 9.17) is 10.5 Å². The molecule has 0 spiro atoms. The average Bonchev–Trinajstić information content (AvgIpc) is 2.45. The Hall–Kier alpha value is -2.34. The Balaban J connectivity index is 2.23. The number of benzene rings is 1. The van der Waals surface area contributed by atoms with Crippen molar-refractivity contribution in [3.63, 3.8) is 0 Å². The van der Waals surface area contributed by atoms with Gasteiger partial charge >= 0.3 is 0 Å². The molecule has 1 aliphatic rings. The number of likely N-dealkylation sites (N-methyl/N-ethyl adjacent to an activating group) is 1. The third-order valence-corrected chi connectivity index (χ3v) is 3.09. The zero-order chi connectivity index (χ0) is 15.4. The summed E-state index contributed by atoms with van der Waals surface area (Å²) in [5, 5.41) is 0. The lowest BCUT2D eigenvalue weighted by molar-refractivity contribution is -0.125. The predicted molar refractivity (Wildman–Crippen MR) is 80.1 cm³/mol. The third kappa shape index (κ3) is 3.61. The smallest absolute Gasteiger partial charge is 0.260 e. The molecule has 0 radical (unpaired) electrons. The van der Waals surface area contributed by atoms with E-state index in [1.54, 1.807) is 24.3 Å². The highest BCUT2D eigenvalue weighted by Gasteiger charge is 2.31. The van der Waals surface area contributed by atoms with Crippen molar-refractivity contribution in [2.75, 3.05) is 32.1 Å². The van der Waals surface area contributed by atoms with E-state index in [2.05, 4.69) is 0 Å². The summed E-state index contributed by atoms with van der Waals surface area (Å²) in [4.78, 5) is 27.2. The molecule has 1 atom stereocenters. The first-order chi connectivity index (χ1) is 9.99. The number of amides is 2. The molecule has 0 aromatic heterocycles. The molecule has 6 heteroatoms. The van der Waals surface area contributed by atoms with Gasteiger partial charge in [-0.05, 0) is 26.2 Å². The van der Waals surface area contributed by atoms with Crippen LogP contribution in [0.5, 0.6) is 5.75 Å². The van der Waals surface area contributed by atoms with Crippen LogP contribution in [-0.2, 0) is 9.59 Å². The van der Waals surface area contributed by atoms with Crippen LogP contribution in [0.1, 0.15) is 0 Å². The summed E-state index contributed by atoms with van der Waals surface area (Å²) < 4.78 is 5.52. The van der Waals surface area contributed by atoms with Crippen LogP contribution < -0.4 is 15.4 Å². The fraction of sp³-hybridized carbons (Fsp3) is 0.333. The molecule has 1 aromatic rings. The number of hydrogen-bond donors (Lipinski definition) is 1. The summed E-state index contributed by atoms with van der Waals surface area (Å²) in [7, 11) is 3.84. The number of primary amides is 1. The number of rotatable bonds is 4. The van der Waals surface area contributed by atoms with Crippen molar-refractivity contribution < 1.29 is 14.3 Å². The van der Waals surface area contributed by atoms with Crippen LogP contribution in [-0.4, -0.2) is 50.0 Å². The highest BCUT2D eigenvalue weighted by Crippen LogP contribution is 2.33. The van der Waals surface area contributed by atoms with Gasteiger partial charge in [0, 0.05) is 12.6 Å². The largest absolute Gasteiger partial charge is 0.477 e. The van der Waals surface area contributed by atoms with Crippen molar-refractivity contribution in [1.29, 1.82) is 0 Å². The molecule has 2 amide bonds. The fourth-order valence-electron chi connectivity index (χ4n) is 2.05. The molecule has 0 saturated heterocycles. The molecule has 0 fully saturated rings. The molecule has 112 valence electrons. The van der Waals surface area contributed by atoms with Crippen LogP contribution in [0, 0.1) is 0 Å². The predicted octanol–water partition coefficient (Wildman–Crippen LogP) is 0.384. The van der Waals surface area contributed by atoms with Crippen LogP contribution in [0.25, 0.3) is 0 Å². The van der Waals surface area contributed by atoms with Crippen molar-refractivity contribution in [3.05, 3.63) is 36.4 Å². The maximum atomic E-state index is 12.3. The van der Waals surface area contributed by atoms with Gasteiger partial charge in [0.15, 0.2) is 6.10 Å². The number of carbonyl (C=O) groups excluding carboxylic acids is 2. The summed E-state index contributed by atoms with van der Waals surface area (Å²) in [5.41, 5.74) is 5.95. The molecule has 0 bridgehead atoms. The van der Waals surface area contributed by atoms with Crippen molar-refractivity contribution in [2.24, 2.45) is 5.73 Å². The van der Waals surface area contributed by atoms with E-state index in [-0.39, 0.29) is 12.5 Å². The Bertz CT molecular complexity index is 569. The molecular weight excluding hydrogens is 270 g/mol. The zero-order valence-corrected chi connectivity index (χ0v) is 12.2. The van der Waals surface area contributed by atoms with Gasteiger partial charge in [0.2, 0.25) is 0 Å². The van der Waals surface area contributed by atoms with Gasteiger partial charge in [0.1, 0.15) is 5.75 Å². The van der Waals surface area contributed by atoms with Crippen LogP contribution >= 0.6 is 0 Å². The summed E-state index contributed by atoms with van der Waals surface area (Å²) in [6.07, 6.45) is 2.45. The lowest BCUT2D eigenvalue weighted by Crippen LogP contribution is -2.49. The lowest BCUT2D eigenvalue weighted by atomic mass is 10.1. The average molecular weight is 289 g/mol. The van der Waals surface area contributed by atoms with E-state index in [9.17, 15) is 9.59 Å². The minimum atomic E-state index is -0.828. The lowest BCUT2D eigenvalue weighted by Gasteiger charge is -2.32. The molecule has 1 aliphatic heterocycles. The van der Waals surface area contributed by atoms with Crippen molar-refractivity contribution >= 4 is 17.5 Å². The Morgan fingerprint density at radius 2 is 2.14 bits per heavy atom. The minimum absolute atomic E-state index is 0.123. The maximum absolute atomic E-state index is 12.3. The summed E-state index contributed by atoms with van der Waals surface area (Å²) in [6.45, 7) is 0.786. The Morgan fingerprint density at radius 3 is 2.81 bits per heavy atom. The number of hydrogen-bond acceptors (Lipinski definition) is 4. The topological polar surface area (TPSA) is 75.9 Å². The van der Waals surface area contributed by atoms with E-state index in [0.29, 0.717) is 18.0 Å². The van der Waals surface area contributed by atoms with Crippen molar-refractivity contribution in [2.45, 2.75) is 6.10 Å². The van der Waals surface area contributed by atoms with Crippen LogP contribution in [0.4, 0.5) is 5.69 Å². The number of ether oxygens (including phenoxy) is 1. The molecule has 2 rings (SSSR count). The standard InChI is InChI=1S/C15H19N3O3/c1-17(2)9-5-8-14(19)18-10-13(15(16)20)21-12-7-4-3-6-11(12)18/h3-8,13H,9-10H2,1-2H3,(H2,16,20)/b8-5+. The highest BCUT2D eigenvalue weighted by molar-refractivity contribution is 6.03. The zero-order valence-electron chi connectivity index (χ0n) is 12.2. The van der Waals surface area contributed by atoms with Gasteiger partial charge in [-0.2, -0.15) is 0 Å². The molecule has 0 saturated carbocycles. The number of fused-ring (bicyclic) bond motifs is 1. The molecule has 6 nitrogen and oxygen atoms in total. The van der Waals surface area contributed by atoms with E-state index in [0.717, 1.165) is 0 Å². The SMILES string of the molecule is CN(C)C/C=C/C(=O)N1CC(C(N)=O)Oc2ccccc21. The normalized spacial score (nSPS) is 17.7. The monoisotopic (exact) mass is 289 g/mol. The van der Waals surface area contributed by atoms with Crippen LogP contribution in [0.15, 0.2) is 36.4 Å². The number of carbonyl (C=O) groups is 2. The highest BCUT2D eigenvalue weighted by atomic mass is 16.5. The van der Waals surface area contributed by atoms with Gasteiger partial charge in [-0.25, -0.2) is 0 Å². The fourth-order valence-corrected chi connectivity index (χ4v) is 2.05. The minimum Gasteiger partial charge on any atom is -0.477 e. The summed E-state index contributed by atoms with van der Waals surface area (Å²) in [5.74, 6) is -0.291. The number of para-hydroxylation sites is 2. The molecule has 1 aromatic carbocycles. The molecule has 0 aliphatic carbocycles. The molecule has 2 N–H and O–H groups in total. The Kier molecular flexibility index (Phi) is 4.59. The van der Waals surface area contributed by atoms with Crippen molar-refractivity contribution in [1.82, 2.24) is 4.90 Å². The van der Waals surface area contributed by atoms with E-state index in [1.165, 1.54) is 11.0 Å². The first-order valence-corrected chi connectivity index (χ1v) is 6.67. The number of anilines is 1. The van der Waals surface area contributed by atoms with Crippen LogP contribution in [0.3, 0.4) is 0 Å². The maximum Gasteiger partial charge on any atom is 0.260 e. The van der Waals surface area contributed by atoms with Gasteiger partial charge < -0.3 is 20.3 Å². The molecule has 21 heavy (non-hydrogen) atoms. The van der Waals surface area contributed by atoms with E-state index < -0.39 is 12.0 Å². The Morgan fingerprint density at radius 1 is 1.43 bits per heavy atom. The molecule has 1 heterocycles. The second-order valence-electron chi connectivity index (χ2n) is 5.09. The molecule has 1 unspecified atom stereocenters. The third-order valence-electron chi connectivity index (χ3n) is 3.09. The van der Waals surface area contributed by atoms with Gasteiger partial charge in [-0.15, -0.1) is 0 Å². The first-order valence-electron chi connectivity index (χ1n) is 6.67. The van der Waals surface area contributed by atoms with Crippen molar-refractivity contribution in [3.8, 4) is 5.75 Å². The quantitative estimate of drug-likeness (QED) is 0.813. The van der Waals surface area contributed by atoms with Gasteiger partial charge in [-0.1, -0.05) is 18.2 Å². The summed E-state index contributed by atoms with van der Waals surface area (Å²) >= 11 is 0. The second kappa shape index (κ2) is 6.41. The van der Waals surface area contributed by atoms with Crippen LogP contribution in [0.2, 0.25) is 0 Å². The van der Waals surface area contributed by atoms with Gasteiger partial charge in [0.25, 0.3) is 11.8 Å².